The van der Waals surface area contributed by atoms with Gasteiger partial charge in [0.15, 0.2) is 0 Å². The van der Waals surface area contributed by atoms with E-state index in [0.29, 0.717) is 26.1 Å². The number of carbonyl (C=O) groups excluding carboxylic acids is 1. The van der Waals surface area contributed by atoms with Crippen molar-refractivity contribution in [1.82, 2.24) is 15.2 Å². The molecule has 1 aromatic heterocycles. The number of β-amino-alcohol motifs (C(OH)–C–C–N with tert-alkyl or cyclic N) is 1. The number of benzene rings is 1. The van der Waals surface area contributed by atoms with E-state index in [1.165, 1.54) is 0 Å². The number of thiazole rings is 1. The van der Waals surface area contributed by atoms with E-state index in [1.807, 2.05) is 38.1 Å². The van der Waals surface area contributed by atoms with Gasteiger partial charge in [-0.2, -0.15) is 0 Å². The minimum absolute atomic E-state index is 0.127. The van der Waals surface area contributed by atoms with Gasteiger partial charge in [0.1, 0.15) is 5.60 Å². The van der Waals surface area contributed by atoms with E-state index in [1.54, 1.807) is 16.2 Å². The van der Waals surface area contributed by atoms with E-state index in [9.17, 15) is 9.90 Å². The van der Waals surface area contributed by atoms with Crippen LogP contribution in [0, 0.1) is 13.8 Å². The molecule has 6 heteroatoms. The summed E-state index contributed by atoms with van der Waals surface area (Å²) in [7, 11) is 0. The number of likely N-dealkylation sites (tertiary alicyclic amines) is 1. The Morgan fingerprint density at radius 2 is 2.16 bits per heavy atom. The molecule has 5 nitrogen and oxygen atoms in total. The van der Waals surface area contributed by atoms with Crippen molar-refractivity contribution in [2.75, 3.05) is 13.1 Å². The first-order valence-electron chi connectivity index (χ1n) is 8.69. The lowest BCUT2D eigenvalue weighted by molar-refractivity contribution is 0.0487. The van der Waals surface area contributed by atoms with Crippen molar-refractivity contribution in [3.63, 3.8) is 0 Å². The zero-order valence-corrected chi connectivity index (χ0v) is 15.8. The first-order valence-corrected chi connectivity index (χ1v) is 9.51. The number of aliphatic hydroxyl groups is 1. The van der Waals surface area contributed by atoms with Crippen molar-refractivity contribution in [2.45, 2.75) is 45.8 Å². The van der Waals surface area contributed by atoms with Gasteiger partial charge in [0.25, 0.3) is 0 Å². The number of carbonyl (C=O) groups is 1. The summed E-state index contributed by atoms with van der Waals surface area (Å²) in [5.41, 5.74) is 2.07. The molecule has 3 rings (SSSR count). The van der Waals surface area contributed by atoms with Crippen molar-refractivity contribution in [3.05, 3.63) is 51.0 Å². The smallest absolute Gasteiger partial charge is 0.317 e. The van der Waals surface area contributed by atoms with Crippen LogP contribution in [0.4, 0.5) is 4.79 Å². The van der Waals surface area contributed by atoms with E-state index in [2.05, 4.69) is 17.2 Å². The number of aryl methyl sites for hydroxylation is 3. The molecule has 1 saturated heterocycles. The molecule has 0 saturated carbocycles. The maximum Gasteiger partial charge on any atom is 0.317 e. The summed E-state index contributed by atoms with van der Waals surface area (Å²) in [6.45, 7) is 7.42. The van der Waals surface area contributed by atoms with Crippen molar-refractivity contribution in [1.29, 1.82) is 0 Å². The standard InChI is InChI=1S/C19H25N3O2S/c1-4-16-17(25-14(3)21-16)11-20-18(23)22-10-9-19(24,12-22)15-8-6-5-7-13(15)2/h5-8,24H,4,9-12H2,1-3H3,(H,20,23)/t19-/m1/s1. The molecular weight excluding hydrogens is 334 g/mol. The van der Waals surface area contributed by atoms with Gasteiger partial charge >= 0.3 is 6.03 Å². The van der Waals surface area contributed by atoms with Crippen molar-refractivity contribution >= 4 is 17.4 Å². The summed E-state index contributed by atoms with van der Waals surface area (Å²) >= 11 is 1.63. The quantitative estimate of drug-likeness (QED) is 0.881. The van der Waals surface area contributed by atoms with Gasteiger partial charge < -0.3 is 15.3 Å². The average molecular weight is 359 g/mol. The summed E-state index contributed by atoms with van der Waals surface area (Å²) in [6.07, 6.45) is 1.43. The molecule has 25 heavy (non-hydrogen) atoms. The first kappa shape index (κ1) is 17.9. The van der Waals surface area contributed by atoms with Crippen LogP contribution < -0.4 is 5.32 Å². The molecule has 0 unspecified atom stereocenters. The number of aromatic nitrogens is 1. The van der Waals surface area contributed by atoms with Crippen LogP contribution in [-0.4, -0.2) is 34.1 Å². The molecule has 1 atom stereocenters. The minimum atomic E-state index is -0.960. The Morgan fingerprint density at radius 3 is 2.88 bits per heavy atom. The highest BCUT2D eigenvalue weighted by Gasteiger charge is 2.40. The van der Waals surface area contributed by atoms with E-state index in [0.717, 1.165) is 33.1 Å². The fourth-order valence-electron chi connectivity index (χ4n) is 3.48. The van der Waals surface area contributed by atoms with E-state index >= 15 is 0 Å². The maximum atomic E-state index is 12.5. The first-order chi connectivity index (χ1) is 11.9. The SMILES string of the molecule is CCc1nc(C)sc1CNC(=O)N1CC[C@](O)(c2ccccc2C)C1. The fraction of sp³-hybridized carbons (Fsp3) is 0.474. The molecule has 2 N–H and O–H groups in total. The zero-order valence-electron chi connectivity index (χ0n) is 15.0. The molecule has 1 aliphatic heterocycles. The molecule has 0 radical (unpaired) electrons. The number of nitrogens with zero attached hydrogens (tertiary/aromatic N) is 2. The number of amides is 2. The lowest BCUT2D eigenvalue weighted by Crippen LogP contribution is -2.40. The Bertz CT molecular complexity index is 774. The summed E-state index contributed by atoms with van der Waals surface area (Å²) in [6, 6.07) is 7.71. The Morgan fingerprint density at radius 1 is 1.40 bits per heavy atom. The van der Waals surface area contributed by atoms with Crippen LogP contribution in [0.15, 0.2) is 24.3 Å². The molecule has 2 aromatic rings. The van der Waals surface area contributed by atoms with Gasteiger partial charge in [-0.25, -0.2) is 9.78 Å². The molecule has 134 valence electrons. The molecule has 1 aliphatic rings. The second-order valence-electron chi connectivity index (χ2n) is 6.63. The van der Waals surface area contributed by atoms with Crippen LogP contribution in [0.5, 0.6) is 0 Å². The van der Waals surface area contributed by atoms with Crippen LogP contribution >= 0.6 is 11.3 Å². The summed E-state index contributed by atoms with van der Waals surface area (Å²) in [5, 5.41) is 15.0. The number of hydrogen-bond donors (Lipinski definition) is 2. The van der Waals surface area contributed by atoms with Gasteiger partial charge in [0.2, 0.25) is 0 Å². The van der Waals surface area contributed by atoms with Gasteiger partial charge in [0.05, 0.1) is 23.8 Å². The molecule has 0 bridgehead atoms. The third-order valence-electron chi connectivity index (χ3n) is 4.80. The van der Waals surface area contributed by atoms with Gasteiger partial charge in [-0.15, -0.1) is 11.3 Å². The van der Waals surface area contributed by atoms with E-state index in [4.69, 9.17) is 0 Å². The third kappa shape index (κ3) is 3.70. The summed E-state index contributed by atoms with van der Waals surface area (Å²) in [5.74, 6) is 0. The fourth-order valence-corrected chi connectivity index (χ4v) is 4.44. The number of urea groups is 1. The van der Waals surface area contributed by atoms with Crippen LogP contribution in [-0.2, 0) is 18.6 Å². The Kier molecular flexibility index (Phi) is 5.11. The van der Waals surface area contributed by atoms with Crippen LogP contribution in [0.2, 0.25) is 0 Å². The van der Waals surface area contributed by atoms with Crippen molar-refractivity contribution < 1.29 is 9.90 Å². The van der Waals surface area contributed by atoms with Crippen molar-refractivity contribution in [2.24, 2.45) is 0 Å². The van der Waals surface area contributed by atoms with Crippen LogP contribution in [0.25, 0.3) is 0 Å². The summed E-state index contributed by atoms with van der Waals surface area (Å²) < 4.78 is 0. The molecule has 1 fully saturated rings. The number of nitrogens with one attached hydrogen (secondary N) is 1. The molecular formula is C19H25N3O2S. The number of rotatable bonds is 4. The lowest BCUT2D eigenvalue weighted by Gasteiger charge is -2.25. The molecule has 2 amide bonds. The van der Waals surface area contributed by atoms with Crippen LogP contribution in [0.3, 0.4) is 0 Å². The minimum Gasteiger partial charge on any atom is -0.383 e. The van der Waals surface area contributed by atoms with Crippen molar-refractivity contribution in [3.8, 4) is 0 Å². The van der Waals surface area contributed by atoms with E-state index in [-0.39, 0.29) is 6.03 Å². The predicted octanol–water partition coefficient (Wildman–Crippen LogP) is 3.13. The largest absolute Gasteiger partial charge is 0.383 e. The van der Waals surface area contributed by atoms with Gasteiger partial charge in [0, 0.05) is 11.4 Å². The highest BCUT2D eigenvalue weighted by Crippen LogP contribution is 2.33. The Labute approximate surface area is 152 Å². The highest BCUT2D eigenvalue weighted by atomic mass is 32.1. The maximum absolute atomic E-state index is 12.5. The summed E-state index contributed by atoms with van der Waals surface area (Å²) in [4.78, 5) is 19.8. The average Bonchev–Trinajstić information content (AvgIpc) is 3.16. The molecule has 0 aliphatic carbocycles. The lowest BCUT2D eigenvalue weighted by atomic mass is 9.89. The van der Waals surface area contributed by atoms with Gasteiger partial charge in [-0.1, -0.05) is 31.2 Å². The second kappa shape index (κ2) is 7.14. The van der Waals surface area contributed by atoms with Gasteiger partial charge in [-0.3, -0.25) is 0 Å². The molecule has 0 spiro atoms. The Balaban J connectivity index is 1.64. The van der Waals surface area contributed by atoms with Crippen LogP contribution in [0.1, 0.15) is 40.1 Å². The highest BCUT2D eigenvalue weighted by molar-refractivity contribution is 7.11. The topological polar surface area (TPSA) is 65.5 Å². The third-order valence-corrected chi connectivity index (χ3v) is 5.81. The predicted molar refractivity (Wildman–Crippen MR) is 99.7 cm³/mol. The van der Waals surface area contributed by atoms with Gasteiger partial charge in [-0.05, 0) is 37.8 Å². The normalized spacial score (nSPS) is 20.1. The number of hydrogen-bond acceptors (Lipinski definition) is 4. The van der Waals surface area contributed by atoms with E-state index < -0.39 is 5.60 Å². The Hall–Kier alpha value is -1.92. The monoisotopic (exact) mass is 359 g/mol. The second-order valence-corrected chi connectivity index (χ2v) is 7.92. The molecule has 1 aromatic carbocycles. The zero-order chi connectivity index (χ0) is 18.0. The molecule has 2 heterocycles.